The van der Waals surface area contributed by atoms with Crippen molar-refractivity contribution in [2.75, 3.05) is 11.3 Å². The van der Waals surface area contributed by atoms with E-state index in [1.807, 2.05) is 6.92 Å². The molecule has 11 heteroatoms. The molecule has 0 aliphatic carbocycles. The Bertz CT molecular complexity index is 1100. The second-order valence-electron chi connectivity index (χ2n) is 6.18. The van der Waals surface area contributed by atoms with Gasteiger partial charge in [0.15, 0.2) is 10.9 Å². The molecule has 144 valence electrons. The molecule has 0 amide bonds. The Morgan fingerprint density at radius 3 is 2.81 bits per heavy atom. The van der Waals surface area contributed by atoms with Gasteiger partial charge in [-0.1, -0.05) is 5.16 Å². The molecule has 0 saturated carbocycles. The summed E-state index contributed by atoms with van der Waals surface area (Å²) < 4.78 is 41.1. The van der Waals surface area contributed by atoms with Gasteiger partial charge in [-0.3, -0.25) is 4.72 Å². The predicted molar refractivity (Wildman–Crippen MR) is 99.2 cm³/mol. The number of ether oxygens (including phenoxy) is 1. The number of hydrogen-bond donors (Lipinski definition) is 1. The summed E-state index contributed by atoms with van der Waals surface area (Å²) in [6.45, 7) is 7.07. The Balaban J connectivity index is 1.78. The molecule has 0 spiro atoms. The second-order valence-corrected chi connectivity index (χ2v) is 8.91. The van der Waals surface area contributed by atoms with Crippen molar-refractivity contribution in [2.24, 2.45) is 0 Å². The van der Waals surface area contributed by atoms with Crippen molar-refractivity contribution < 1.29 is 17.7 Å². The fourth-order valence-corrected chi connectivity index (χ4v) is 5.53. The molecule has 3 aromatic heterocycles. The van der Waals surface area contributed by atoms with Crippen LogP contribution >= 0.6 is 11.3 Å². The number of thiophene rings is 1. The fraction of sp³-hybridized carbons (Fsp3) is 0.438. The summed E-state index contributed by atoms with van der Waals surface area (Å²) in [6.07, 6.45) is 2.19. The highest BCUT2D eigenvalue weighted by molar-refractivity contribution is 7.92. The molecule has 0 atom stereocenters. The summed E-state index contributed by atoms with van der Waals surface area (Å²) in [6, 6.07) is 0. The van der Waals surface area contributed by atoms with Crippen molar-refractivity contribution in [3.05, 3.63) is 28.3 Å². The van der Waals surface area contributed by atoms with Crippen molar-refractivity contribution in [3.63, 3.8) is 0 Å². The van der Waals surface area contributed by atoms with Crippen LogP contribution in [0.2, 0.25) is 0 Å². The van der Waals surface area contributed by atoms with Gasteiger partial charge in [-0.2, -0.15) is 13.4 Å². The lowest BCUT2D eigenvalue weighted by Gasteiger charge is -2.12. The number of aromatic nitrogens is 4. The van der Waals surface area contributed by atoms with Crippen LogP contribution in [-0.4, -0.2) is 34.7 Å². The van der Waals surface area contributed by atoms with Crippen molar-refractivity contribution in [2.45, 2.75) is 45.4 Å². The Morgan fingerprint density at radius 2 is 2.15 bits per heavy atom. The zero-order valence-electron chi connectivity index (χ0n) is 15.1. The molecule has 0 fully saturated rings. The van der Waals surface area contributed by atoms with Gasteiger partial charge in [0.25, 0.3) is 15.9 Å². The SMILES string of the molecule is CCn1cc(S(=O)(=O)Nc2sc3c(c2-c2nc(C)no2)CCOC3)nc1C. The Hall–Kier alpha value is -2.24. The van der Waals surface area contributed by atoms with Gasteiger partial charge in [-0.05, 0) is 32.8 Å². The van der Waals surface area contributed by atoms with Gasteiger partial charge >= 0.3 is 0 Å². The van der Waals surface area contributed by atoms with E-state index in [2.05, 4.69) is 19.8 Å². The van der Waals surface area contributed by atoms with Crippen molar-refractivity contribution >= 4 is 26.4 Å². The monoisotopic (exact) mass is 409 g/mol. The third kappa shape index (κ3) is 3.26. The summed E-state index contributed by atoms with van der Waals surface area (Å²) in [7, 11) is -3.85. The molecule has 0 unspecified atom stereocenters. The number of sulfonamides is 1. The van der Waals surface area contributed by atoms with E-state index in [1.54, 1.807) is 18.4 Å². The van der Waals surface area contributed by atoms with Crippen LogP contribution in [0.4, 0.5) is 5.00 Å². The largest absolute Gasteiger partial charge is 0.376 e. The van der Waals surface area contributed by atoms with Gasteiger partial charge in [-0.15, -0.1) is 11.3 Å². The molecular weight excluding hydrogens is 390 g/mol. The zero-order chi connectivity index (χ0) is 19.2. The van der Waals surface area contributed by atoms with Crippen LogP contribution in [0.15, 0.2) is 15.7 Å². The summed E-state index contributed by atoms with van der Waals surface area (Å²) in [5.41, 5.74) is 1.62. The summed E-state index contributed by atoms with van der Waals surface area (Å²) in [5.74, 6) is 1.44. The molecule has 27 heavy (non-hydrogen) atoms. The van der Waals surface area contributed by atoms with Crippen LogP contribution in [0.5, 0.6) is 0 Å². The first kappa shape index (κ1) is 18.1. The van der Waals surface area contributed by atoms with Gasteiger partial charge in [0, 0.05) is 17.6 Å². The maximum absolute atomic E-state index is 12.9. The molecular formula is C16H19N5O4S2. The molecule has 0 aromatic carbocycles. The number of anilines is 1. The molecule has 0 bridgehead atoms. The Labute approximate surface area is 160 Å². The minimum Gasteiger partial charge on any atom is -0.376 e. The van der Waals surface area contributed by atoms with E-state index < -0.39 is 10.0 Å². The van der Waals surface area contributed by atoms with E-state index in [1.165, 1.54) is 17.5 Å². The summed E-state index contributed by atoms with van der Waals surface area (Å²) in [5, 5.41) is 4.26. The van der Waals surface area contributed by atoms with Gasteiger partial charge < -0.3 is 13.8 Å². The van der Waals surface area contributed by atoms with E-state index in [0.717, 1.165) is 10.4 Å². The molecule has 0 saturated heterocycles. The molecule has 3 aromatic rings. The smallest absolute Gasteiger partial charge is 0.281 e. The topological polar surface area (TPSA) is 112 Å². The van der Waals surface area contributed by atoms with Crippen molar-refractivity contribution in [1.29, 1.82) is 0 Å². The normalized spacial score (nSPS) is 14.3. The first-order chi connectivity index (χ1) is 12.9. The average Bonchev–Trinajstić information content (AvgIpc) is 3.30. The number of nitrogens with one attached hydrogen (secondary N) is 1. The molecule has 4 heterocycles. The number of hydrogen-bond acceptors (Lipinski definition) is 8. The van der Waals surface area contributed by atoms with Crippen LogP contribution in [0, 0.1) is 13.8 Å². The van der Waals surface area contributed by atoms with Crippen LogP contribution < -0.4 is 4.72 Å². The number of aryl methyl sites for hydroxylation is 3. The van der Waals surface area contributed by atoms with E-state index in [9.17, 15) is 8.42 Å². The molecule has 0 radical (unpaired) electrons. The average molecular weight is 409 g/mol. The summed E-state index contributed by atoms with van der Waals surface area (Å²) >= 11 is 1.33. The minimum atomic E-state index is -3.85. The van der Waals surface area contributed by atoms with Crippen LogP contribution in [0.25, 0.3) is 11.5 Å². The third-order valence-electron chi connectivity index (χ3n) is 4.36. The highest BCUT2D eigenvalue weighted by atomic mass is 32.2. The van der Waals surface area contributed by atoms with Gasteiger partial charge in [0.2, 0.25) is 0 Å². The number of nitrogens with zero attached hydrogens (tertiary/aromatic N) is 4. The zero-order valence-corrected chi connectivity index (χ0v) is 16.8. The molecule has 4 rings (SSSR count). The fourth-order valence-electron chi connectivity index (χ4n) is 3.03. The highest BCUT2D eigenvalue weighted by Gasteiger charge is 2.29. The molecule has 1 aliphatic heterocycles. The molecule has 1 N–H and O–H groups in total. The molecule has 9 nitrogen and oxygen atoms in total. The lowest BCUT2D eigenvalue weighted by atomic mass is 10.1. The quantitative estimate of drug-likeness (QED) is 0.689. The van der Waals surface area contributed by atoms with E-state index >= 15 is 0 Å². The standard InChI is InChI=1S/C16H19N5O4S2/c1-4-21-7-13(18-10(21)3)27(22,23)20-16-14(15-17-9(2)19-25-15)11-5-6-24-8-12(11)26-16/h7,20H,4-6,8H2,1-3H3. The first-order valence-electron chi connectivity index (χ1n) is 8.48. The predicted octanol–water partition coefficient (Wildman–Crippen LogP) is 2.50. The number of rotatable bonds is 5. The number of imidazole rings is 1. The van der Waals surface area contributed by atoms with Gasteiger partial charge in [-0.25, -0.2) is 4.98 Å². The van der Waals surface area contributed by atoms with Gasteiger partial charge in [0.05, 0.1) is 18.8 Å². The maximum atomic E-state index is 12.9. The third-order valence-corrected chi connectivity index (χ3v) is 6.83. The van der Waals surface area contributed by atoms with Crippen molar-refractivity contribution in [1.82, 2.24) is 19.7 Å². The van der Waals surface area contributed by atoms with Crippen LogP contribution in [0.1, 0.15) is 29.0 Å². The maximum Gasteiger partial charge on any atom is 0.281 e. The first-order valence-corrected chi connectivity index (χ1v) is 10.8. The van der Waals surface area contributed by atoms with Crippen molar-refractivity contribution in [3.8, 4) is 11.5 Å². The van der Waals surface area contributed by atoms with E-state index in [4.69, 9.17) is 9.26 Å². The molecule has 1 aliphatic rings. The highest BCUT2D eigenvalue weighted by Crippen LogP contribution is 2.43. The van der Waals surface area contributed by atoms with Gasteiger partial charge in [0.1, 0.15) is 10.8 Å². The van der Waals surface area contributed by atoms with E-state index in [-0.39, 0.29) is 5.03 Å². The summed E-state index contributed by atoms with van der Waals surface area (Å²) in [4.78, 5) is 9.43. The Kier molecular flexibility index (Phi) is 4.52. The Morgan fingerprint density at radius 1 is 1.33 bits per heavy atom. The lowest BCUT2D eigenvalue weighted by molar-refractivity contribution is 0.113. The minimum absolute atomic E-state index is 0.0165. The second kappa shape index (κ2) is 6.73. The lowest BCUT2D eigenvalue weighted by Crippen LogP contribution is -2.13. The van der Waals surface area contributed by atoms with Crippen LogP contribution in [-0.2, 0) is 34.3 Å². The van der Waals surface area contributed by atoms with E-state index in [0.29, 0.717) is 54.3 Å². The van der Waals surface area contributed by atoms with Crippen LogP contribution in [0.3, 0.4) is 0 Å². The number of fused-ring (bicyclic) bond motifs is 1.